The van der Waals surface area contributed by atoms with Gasteiger partial charge in [-0.05, 0) is 51.1 Å². The minimum Gasteiger partial charge on any atom is -0.461 e. The second-order valence-corrected chi connectivity index (χ2v) is 16.0. The van der Waals surface area contributed by atoms with Crippen molar-refractivity contribution in [1.82, 2.24) is 24.8 Å². The van der Waals surface area contributed by atoms with Gasteiger partial charge in [0.05, 0.1) is 24.1 Å². The molecule has 2 aromatic carbocycles. The molecule has 4 aromatic rings. The average molecular weight is 743 g/mol. The van der Waals surface area contributed by atoms with Crippen molar-refractivity contribution in [2.24, 2.45) is 0 Å². The first-order chi connectivity index (χ1) is 24.5. The van der Waals surface area contributed by atoms with Crippen molar-refractivity contribution < 1.29 is 31.9 Å². The van der Waals surface area contributed by atoms with Crippen LogP contribution in [-0.2, 0) is 18.4 Å². The zero-order valence-electron chi connectivity index (χ0n) is 29.0. The summed E-state index contributed by atoms with van der Waals surface area (Å²) >= 11 is 6.61. The van der Waals surface area contributed by atoms with Crippen molar-refractivity contribution >= 4 is 52.6 Å². The van der Waals surface area contributed by atoms with Crippen LogP contribution < -0.4 is 9.64 Å². The number of fused-ring (bicyclic) bond motifs is 3. The largest absolute Gasteiger partial charge is 0.461 e. The Balaban J connectivity index is 1.24. The predicted molar refractivity (Wildman–Crippen MR) is 193 cm³/mol. The molecule has 15 heteroatoms. The molecule has 272 valence electrons. The molecule has 5 heterocycles. The summed E-state index contributed by atoms with van der Waals surface area (Å²) in [5.41, 5.74) is 0.170. The summed E-state index contributed by atoms with van der Waals surface area (Å²) in [6.07, 6.45) is 2.95. The van der Waals surface area contributed by atoms with Crippen LogP contribution in [0.2, 0.25) is 5.02 Å². The van der Waals surface area contributed by atoms with Crippen molar-refractivity contribution in [1.29, 1.82) is 0 Å². The molecule has 7 rings (SSSR count). The predicted octanol–water partition coefficient (Wildman–Crippen LogP) is 6.90. The van der Waals surface area contributed by atoms with Crippen LogP contribution in [0, 0.1) is 5.82 Å². The van der Waals surface area contributed by atoms with E-state index in [1.807, 2.05) is 36.2 Å². The first-order valence-electron chi connectivity index (χ1n) is 17.5. The monoisotopic (exact) mass is 742 g/mol. The normalized spacial score (nSPS) is 22.3. The number of aromatic nitrogens is 3. The van der Waals surface area contributed by atoms with E-state index in [9.17, 15) is 13.8 Å². The number of ether oxygens (including phenoxy) is 1. The number of carbonyl (C=O) groups excluding carboxylic acids is 1. The number of hydrogen-bond acceptors (Lipinski definition) is 10. The highest BCUT2D eigenvalue weighted by atomic mass is 35.5. The SMILES string of the molecule is CCOP(=O)(CC(=O)N1CC[C@@H](N(C)c2nc(OCC34CCCN3C[C@H](F)C4)nc3c(F)c(-c4cccc5cccc(Cl)c45)ncc23)C1)OCC. The molecule has 3 fully saturated rings. The van der Waals surface area contributed by atoms with E-state index in [1.165, 1.54) is 0 Å². The van der Waals surface area contributed by atoms with E-state index in [2.05, 4.69) is 14.9 Å². The first kappa shape index (κ1) is 35.9. The van der Waals surface area contributed by atoms with E-state index in [4.69, 9.17) is 30.4 Å². The minimum atomic E-state index is -3.58. The van der Waals surface area contributed by atoms with E-state index < -0.39 is 25.1 Å². The number of hydrogen-bond donors (Lipinski definition) is 0. The highest BCUT2D eigenvalue weighted by Crippen LogP contribution is 2.48. The lowest BCUT2D eigenvalue weighted by Crippen LogP contribution is -2.43. The lowest BCUT2D eigenvalue weighted by Gasteiger charge is -2.31. The Morgan fingerprint density at radius 2 is 1.88 bits per heavy atom. The smallest absolute Gasteiger partial charge is 0.340 e. The molecule has 1 unspecified atom stereocenters. The quantitative estimate of drug-likeness (QED) is 0.142. The third-order valence-electron chi connectivity index (χ3n) is 10.4. The van der Waals surface area contributed by atoms with Crippen molar-refractivity contribution in [3.63, 3.8) is 0 Å². The number of anilines is 1. The number of rotatable bonds is 12. The summed E-state index contributed by atoms with van der Waals surface area (Å²) in [5.74, 6) is -0.604. The molecule has 3 atom stereocenters. The number of alkyl halides is 1. The highest BCUT2D eigenvalue weighted by molar-refractivity contribution is 7.54. The van der Waals surface area contributed by atoms with Crippen molar-refractivity contribution in [3.8, 4) is 17.3 Å². The van der Waals surface area contributed by atoms with Gasteiger partial charge in [-0.3, -0.25) is 19.2 Å². The van der Waals surface area contributed by atoms with E-state index in [-0.39, 0.29) is 55.2 Å². The van der Waals surface area contributed by atoms with Crippen LogP contribution in [0.1, 0.15) is 39.5 Å². The van der Waals surface area contributed by atoms with Gasteiger partial charge in [0.2, 0.25) is 5.91 Å². The number of likely N-dealkylation sites (N-methyl/N-ethyl adjacent to an activating group) is 1. The molecular weight excluding hydrogens is 701 g/mol. The molecule has 3 aliphatic rings. The summed E-state index contributed by atoms with van der Waals surface area (Å²) in [6, 6.07) is 10.8. The second kappa shape index (κ2) is 14.5. The first-order valence-corrected chi connectivity index (χ1v) is 19.6. The molecule has 51 heavy (non-hydrogen) atoms. The molecule has 3 aliphatic heterocycles. The summed E-state index contributed by atoms with van der Waals surface area (Å²) in [5, 5.41) is 2.35. The fraction of sp³-hybridized carbons (Fsp3) is 0.500. The molecule has 0 spiro atoms. The number of nitrogens with zero attached hydrogens (tertiary/aromatic N) is 6. The number of halogens is 3. The van der Waals surface area contributed by atoms with E-state index in [0.29, 0.717) is 59.7 Å². The Bertz CT molecular complexity index is 1990. The van der Waals surface area contributed by atoms with Gasteiger partial charge in [0.25, 0.3) is 0 Å². The third kappa shape index (κ3) is 6.91. The fourth-order valence-corrected chi connectivity index (χ4v) is 9.79. The molecule has 1 amide bonds. The lowest BCUT2D eigenvalue weighted by atomic mass is 9.95. The Morgan fingerprint density at radius 3 is 2.65 bits per heavy atom. The number of carbonyl (C=O) groups is 1. The summed E-state index contributed by atoms with van der Waals surface area (Å²) < 4.78 is 61.5. The topological polar surface area (TPSA) is 110 Å². The van der Waals surface area contributed by atoms with Gasteiger partial charge in [0.1, 0.15) is 36.0 Å². The maximum atomic E-state index is 16.8. The van der Waals surface area contributed by atoms with Crippen LogP contribution in [0.25, 0.3) is 32.9 Å². The van der Waals surface area contributed by atoms with Crippen LogP contribution in [-0.4, -0.2) is 108 Å². The van der Waals surface area contributed by atoms with Gasteiger partial charge in [-0.1, -0.05) is 41.9 Å². The zero-order valence-corrected chi connectivity index (χ0v) is 30.6. The maximum absolute atomic E-state index is 16.8. The molecular formula is C36H42ClF2N6O5P. The van der Waals surface area contributed by atoms with Gasteiger partial charge >= 0.3 is 13.6 Å². The zero-order chi connectivity index (χ0) is 35.9. The minimum absolute atomic E-state index is 0.0202. The van der Waals surface area contributed by atoms with Gasteiger partial charge in [-0.15, -0.1) is 0 Å². The van der Waals surface area contributed by atoms with Gasteiger partial charge < -0.3 is 23.6 Å². The van der Waals surface area contributed by atoms with Gasteiger partial charge in [0.15, 0.2) is 5.82 Å². The van der Waals surface area contributed by atoms with Gasteiger partial charge in [0, 0.05) is 61.3 Å². The standard InChI is InChI=1S/C36H42ClF2N6O5P/c1-4-49-51(47,50-5-2)21-29(46)44-16-13-25(20-44)43(3)34-27-18-40-32(26-11-6-9-23-10-7-12-28(37)30(23)26)31(39)33(27)41-35(42-34)48-22-36-14-8-15-45(36)19-24(38)17-36/h6-7,9-12,18,24-25H,4-5,8,13-17,19-22H2,1-3H3/t24-,25-,36?/m1/s1. The average Bonchev–Trinajstić information content (AvgIpc) is 3.82. The summed E-state index contributed by atoms with van der Waals surface area (Å²) in [7, 11) is -1.75. The van der Waals surface area contributed by atoms with Crippen molar-refractivity contribution in [2.45, 2.75) is 57.3 Å². The molecule has 0 aliphatic carbocycles. The van der Waals surface area contributed by atoms with E-state index in [0.717, 1.165) is 24.8 Å². The van der Waals surface area contributed by atoms with Crippen molar-refractivity contribution in [2.75, 3.05) is 64.1 Å². The molecule has 3 saturated heterocycles. The molecule has 2 aromatic heterocycles. The number of benzene rings is 2. The van der Waals surface area contributed by atoms with Crippen LogP contribution in [0.5, 0.6) is 6.01 Å². The number of pyridine rings is 1. The van der Waals surface area contributed by atoms with Crippen molar-refractivity contribution in [3.05, 3.63) is 53.4 Å². The Kier molecular flexibility index (Phi) is 10.2. The van der Waals surface area contributed by atoms with Crippen LogP contribution >= 0.6 is 19.2 Å². The summed E-state index contributed by atoms with van der Waals surface area (Å²) in [6.45, 7) is 5.80. The number of amides is 1. The molecule has 0 N–H and O–H groups in total. The van der Waals surface area contributed by atoms with Crippen LogP contribution in [0.3, 0.4) is 0 Å². The Hall–Kier alpha value is -3.48. The van der Waals surface area contributed by atoms with Crippen LogP contribution in [0.15, 0.2) is 42.6 Å². The third-order valence-corrected chi connectivity index (χ3v) is 12.6. The number of likely N-dealkylation sites (tertiary alicyclic amines) is 1. The molecule has 0 saturated carbocycles. The van der Waals surface area contributed by atoms with Gasteiger partial charge in [-0.25, -0.2) is 8.78 Å². The Labute approximate surface area is 300 Å². The van der Waals surface area contributed by atoms with E-state index in [1.54, 1.807) is 37.1 Å². The highest BCUT2D eigenvalue weighted by Gasteiger charge is 2.49. The molecule has 0 bridgehead atoms. The van der Waals surface area contributed by atoms with E-state index >= 15 is 4.39 Å². The Morgan fingerprint density at radius 1 is 1.12 bits per heavy atom. The fourth-order valence-electron chi connectivity index (χ4n) is 7.93. The summed E-state index contributed by atoms with van der Waals surface area (Å²) in [4.78, 5) is 32.9. The maximum Gasteiger partial charge on any atom is 0.340 e. The lowest BCUT2D eigenvalue weighted by molar-refractivity contribution is -0.127. The van der Waals surface area contributed by atoms with Crippen LogP contribution in [0.4, 0.5) is 14.6 Å². The molecule has 11 nitrogen and oxygen atoms in total. The second-order valence-electron chi connectivity index (χ2n) is 13.5. The molecule has 0 radical (unpaired) electrons. The van der Waals surface area contributed by atoms with Gasteiger partial charge in [-0.2, -0.15) is 9.97 Å².